The van der Waals surface area contributed by atoms with Crippen molar-refractivity contribution in [3.63, 3.8) is 0 Å². The molecule has 3 aromatic rings. The smallest absolute Gasteiger partial charge is 0.330 e. The normalized spacial score (nSPS) is 14.4. The van der Waals surface area contributed by atoms with Gasteiger partial charge in [0.2, 0.25) is 0 Å². The third kappa shape index (κ3) is 11.9. The molecule has 0 aromatic heterocycles. The van der Waals surface area contributed by atoms with E-state index < -0.39 is 32.6 Å². The van der Waals surface area contributed by atoms with Crippen molar-refractivity contribution in [3.8, 4) is 0 Å². The molecule has 3 aromatic carbocycles. The molecule has 0 spiro atoms. The molecule has 0 N–H and O–H groups in total. The molecule has 0 amide bonds. The summed E-state index contributed by atoms with van der Waals surface area (Å²) in [4.78, 5) is 12.2. The van der Waals surface area contributed by atoms with E-state index in [0.29, 0.717) is 32.8 Å². The van der Waals surface area contributed by atoms with Crippen LogP contribution in [-0.2, 0) is 48.0 Å². The monoisotopic (exact) mass is 604 g/mol. The van der Waals surface area contributed by atoms with Crippen LogP contribution in [0.25, 0.3) is 0 Å². The Morgan fingerprint density at radius 2 is 1.21 bits per heavy atom. The van der Waals surface area contributed by atoms with Crippen LogP contribution in [0.1, 0.15) is 43.9 Å². The zero-order chi connectivity index (χ0) is 31.1. The molecule has 0 aliphatic carbocycles. The van der Waals surface area contributed by atoms with Crippen LogP contribution in [0.3, 0.4) is 0 Å². The molecular weight excluding hydrogens is 556 g/mol. The van der Waals surface area contributed by atoms with Crippen LogP contribution in [0, 0.1) is 0 Å². The van der Waals surface area contributed by atoms with Crippen molar-refractivity contribution in [2.45, 2.75) is 83.5 Å². The summed E-state index contributed by atoms with van der Waals surface area (Å²) >= 11 is 0. The second-order valence-corrected chi connectivity index (χ2v) is 16.9. The van der Waals surface area contributed by atoms with E-state index in [4.69, 9.17) is 23.4 Å². The summed E-state index contributed by atoms with van der Waals surface area (Å²) < 4.78 is 31.2. The third-order valence-corrected chi connectivity index (χ3v) is 12.4. The first-order chi connectivity index (χ1) is 20.6. The predicted octanol–water partition coefficient (Wildman–Crippen LogP) is 7.88. The minimum Gasteiger partial charge on any atom is -0.466 e. The summed E-state index contributed by atoms with van der Waals surface area (Å²) in [7, 11) is -0.628. The van der Waals surface area contributed by atoms with Gasteiger partial charge in [-0.3, -0.25) is 0 Å². The van der Waals surface area contributed by atoms with E-state index >= 15 is 0 Å². The molecule has 0 aliphatic heterocycles. The fraction of sp³-hybridized carbons (Fsp3) is 0.417. The molecule has 0 saturated heterocycles. The molecule has 0 bridgehead atoms. The third-order valence-electron chi connectivity index (χ3n) is 7.86. The Morgan fingerprint density at radius 1 is 0.744 bits per heavy atom. The lowest BCUT2D eigenvalue weighted by Crippen LogP contribution is -2.45. The van der Waals surface area contributed by atoms with E-state index in [1.165, 1.54) is 13.2 Å². The molecule has 0 aliphatic rings. The molecule has 0 saturated carbocycles. The number of methoxy groups -OCH3 is 1. The van der Waals surface area contributed by atoms with Crippen LogP contribution in [-0.4, -0.2) is 46.3 Å². The first-order valence-electron chi connectivity index (χ1n) is 15.0. The molecule has 3 atom stereocenters. The molecule has 0 heterocycles. The van der Waals surface area contributed by atoms with Crippen LogP contribution in [0.4, 0.5) is 0 Å². The van der Waals surface area contributed by atoms with E-state index in [9.17, 15) is 4.79 Å². The van der Waals surface area contributed by atoms with Crippen LogP contribution in [0.2, 0.25) is 18.1 Å². The van der Waals surface area contributed by atoms with Gasteiger partial charge in [-0.1, -0.05) is 112 Å². The average Bonchev–Trinajstić information content (AvgIpc) is 3.01. The van der Waals surface area contributed by atoms with E-state index in [-0.39, 0.29) is 5.04 Å². The summed E-state index contributed by atoms with van der Waals surface area (Å²) in [5.74, 6) is -0.460. The van der Waals surface area contributed by atoms with Crippen molar-refractivity contribution in [2.75, 3.05) is 13.7 Å². The molecule has 6 nitrogen and oxygen atoms in total. The molecule has 7 heteroatoms. The van der Waals surface area contributed by atoms with Gasteiger partial charge in [-0.15, -0.1) is 0 Å². The summed E-state index contributed by atoms with van der Waals surface area (Å²) in [5.41, 5.74) is 3.11. The number of hydrogen-bond donors (Lipinski definition) is 0. The maximum atomic E-state index is 12.2. The van der Waals surface area contributed by atoms with Crippen molar-refractivity contribution >= 4 is 14.3 Å². The van der Waals surface area contributed by atoms with Crippen molar-refractivity contribution in [3.05, 3.63) is 120 Å². The number of benzene rings is 3. The fourth-order valence-corrected chi connectivity index (χ4v) is 5.28. The molecule has 0 radical (unpaired) electrons. The first kappa shape index (κ1) is 34.4. The minimum atomic E-state index is -1.99. The Bertz CT molecular complexity index is 1220. The highest BCUT2D eigenvalue weighted by Gasteiger charge is 2.38. The molecule has 0 unspecified atom stereocenters. The lowest BCUT2D eigenvalue weighted by atomic mass is 10.0. The van der Waals surface area contributed by atoms with E-state index in [0.717, 1.165) is 16.7 Å². The second kappa shape index (κ2) is 17.3. The zero-order valence-electron chi connectivity index (χ0n) is 26.5. The maximum Gasteiger partial charge on any atom is 0.330 e. The zero-order valence-corrected chi connectivity index (χ0v) is 27.5. The summed E-state index contributed by atoms with van der Waals surface area (Å²) in [6, 6.07) is 30.1. The van der Waals surface area contributed by atoms with Crippen LogP contribution in [0.5, 0.6) is 0 Å². The van der Waals surface area contributed by atoms with Gasteiger partial charge < -0.3 is 23.4 Å². The molecule has 43 heavy (non-hydrogen) atoms. The van der Waals surface area contributed by atoms with Crippen LogP contribution >= 0.6 is 0 Å². The van der Waals surface area contributed by atoms with Gasteiger partial charge in [0.15, 0.2) is 8.32 Å². The fourth-order valence-electron chi connectivity index (χ4n) is 4.22. The number of ether oxygens (including phenoxy) is 4. The Kier molecular flexibility index (Phi) is 13.8. The van der Waals surface area contributed by atoms with Gasteiger partial charge in [0.05, 0.1) is 33.0 Å². The number of hydrogen-bond acceptors (Lipinski definition) is 6. The lowest BCUT2D eigenvalue weighted by Gasteiger charge is -2.37. The van der Waals surface area contributed by atoms with Crippen LogP contribution < -0.4 is 0 Å². The van der Waals surface area contributed by atoms with E-state index in [1.54, 1.807) is 6.08 Å². The quantitative estimate of drug-likeness (QED) is 0.0887. The van der Waals surface area contributed by atoms with Gasteiger partial charge >= 0.3 is 5.97 Å². The van der Waals surface area contributed by atoms with Gasteiger partial charge in [0, 0.05) is 12.7 Å². The Hall–Kier alpha value is -3.07. The van der Waals surface area contributed by atoms with Gasteiger partial charge in [0.25, 0.3) is 0 Å². The van der Waals surface area contributed by atoms with Gasteiger partial charge in [-0.25, -0.2) is 4.79 Å². The maximum absolute atomic E-state index is 12.2. The molecule has 232 valence electrons. The van der Waals surface area contributed by atoms with Gasteiger partial charge in [-0.2, -0.15) is 0 Å². The van der Waals surface area contributed by atoms with E-state index in [2.05, 4.69) is 33.9 Å². The number of carbonyl (C=O) groups excluding carboxylic acids is 1. The summed E-state index contributed by atoms with van der Waals surface area (Å²) in [6.07, 6.45) is 2.17. The standard InChI is InChI=1S/C36H48O6Si/c1-36(2,3)43(5,6)42-25-24-33(40-27-30-18-12-8-13-19-30)35(41-28-31-20-14-9-15-21-31)32(22-23-34(37)38-4)39-26-29-16-10-7-11-17-29/h7-23,32-33,35H,24-28H2,1-6H3/b23-22+/t32-,33+,35+/m0/s1. The topological polar surface area (TPSA) is 63.2 Å². The molecule has 3 rings (SSSR count). The molecular formula is C36H48O6Si. The van der Waals surface area contributed by atoms with Crippen molar-refractivity contribution in [2.24, 2.45) is 0 Å². The highest BCUT2D eigenvalue weighted by atomic mass is 28.4. The van der Waals surface area contributed by atoms with Crippen molar-refractivity contribution in [1.29, 1.82) is 0 Å². The van der Waals surface area contributed by atoms with Gasteiger partial charge in [-0.05, 0) is 47.3 Å². The number of rotatable bonds is 17. The van der Waals surface area contributed by atoms with Gasteiger partial charge in [0.1, 0.15) is 12.2 Å². The highest BCUT2D eigenvalue weighted by molar-refractivity contribution is 6.74. The predicted molar refractivity (Wildman–Crippen MR) is 174 cm³/mol. The minimum absolute atomic E-state index is 0.0845. The van der Waals surface area contributed by atoms with Crippen molar-refractivity contribution in [1.82, 2.24) is 0 Å². The average molecular weight is 605 g/mol. The summed E-state index contributed by atoms with van der Waals surface area (Å²) in [6.45, 7) is 12.8. The second-order valence-electron chi connectivity index (χ2n) is 12.1. The van der Waals surface area contributed by atoms with Crippen LogP contribution in [0.15, 0.2) is 103 Å². The highest BCUT2D eigenvalue weighted by Crippen LogP contribution is 2.36. The lowest BCUT2D eigenvalue weighted by molar-refractivity contribution is -0.143. The first-order valence-corrected chi connectivity index (χ1v) is 17.9. The Morgan fingerprint density at radius 3 is 1.67 bits per heavy atom. The largest absolute Gasteiger partial charge is 0.466 e. The SMILES string of the molecule is COC(=O)/C=C/[C@H](OCc1ccccc1)[C@@H](OCc1ccccc1)[C@@H](CCO[Si](C)(C)C(C)(C)C)OCc1ccccc1. The summed E-state index contributed by atoms with van der Waals surface area (Å²) in [5, 5.41) is 0.0845. The number of carbonyl (C=O) groups is 1. The number of esters is 1. The van der Waals surface area contributed by atoms with E-state index in [1.807, 2.05) is 91.0 Å². The Balaban J connectivity index is 1.93. The molecule has 0 fully saturated rings. The van der Waals surface area contributed by atoms with Crippen molar-refractivity contribution < 1.29 is 28.2 Å². The Labute approximate surface area is 259 Å².